The molecule has 1 aromatic heterocycles. The number of carbonyl (C=O) groups excluding carboxylic acids is 1. The Bertz CT molecular complexity index is 455. The van der Waals surface area contributed by atoms with Gasteiger partial charge in [-0.2, -0.15) is 13.2 Å². The first-order valence-corrected chi connectivity index (χ1v) is 5.79. The fourth-order valence-electron chi connectivity index (χ4n) is 1.11. The molecule has 19 heavy (non-hydrogen) atoms. The lowest BCUT2D eigenvalue weighted by molar-refractivity contribution is -0.173. The van der Waals surface area contributed by atoms with Crippen LogP contribution in [-0.2, 0) is 4.74 Å². The number of hydrogen-bond acceptors (Lipinski definition) is 3. The summed E-state index contributed by atoms with van der Waals surface area (Å²) in [6.45, 7) is -1.70. The molecule has 4 nitrogen and oxygen atoms in total. The summed E-state index contributed by atoms with van der Waals surface area (Å²) in [6, 6.07) is 1.26. The molecule has 1 N–H and O–H groups in total. The van der Waals surface area contributed by atoms with Crippen LogP contribution in [-0.4, -0.2) is 36.8 Å². The van der Waals surface area contributed by atoms with Crippen LogP contribution < -0.4 is 5.32 Å². The molecule has 0 atom stereocenters. The van der Waals surface area contributed by atoms with Crippen molar-refractivity contribution < 1.29 is 22.7 Å². The fourth-order valence-corrected chi connectivity index (χ4v) is 1.45. The van der Waals surface area contributed by atoms with Crippen LogP contribution >= 0.6 is 23.2 Å². The molecule has 0 aromatic carbocycles. The van der Waals surface area contributed by atoms with Crippen molar-refractivity contribution in [3.8, 4) is 0 Å². The van der Waals surface area contributed by atoms with Gasteiger partial charge in [0.05, 0.1) is 17.2 Å². The highest BCUT2D eigenvalue weighted by Gasteiger charge is 2.27. The Hall–Kier alpha value is -1.05. The second-order valence-corrected chi connectivity index (χ2v) is 4.20. The molecule has 1 rings (SSSR count). The second kappa shape index (κ2) is 6.93. The van der Waals surface area contributed by atoms with E-state index in [9.17, 15) is 18.0 Å². The van der Waals surface area contributed by atoms with E-state index in [-0.39, 0.29) is 28.9 Å². The van der Waals surface area contributed by atoms with Crippen molar-refractivity contribution in [2.24, 2.45) is 0 Å². The van der Waals surface area contributed by atoms with E-state index in [1.54, 1.807) is 0 Å². The van der Waals surface area contributed by atoms with E-state index in [0.29, 0.717) is 0 Å². The molecule has 0 aliphatic rings. The second-order valence-electron chi connectivity index (χ2n) is 3.41. The molecular formula is C10H9Cl2F3N2O2. The topological polar surface area (TPSA) is 51.2 Å². The Kier molecular flexibility index (Phi) is 5.84. The minimum atomic E-state index is -4.38. The Morgan fingerprint density at radius 1 is 1.42 bits per heavy atom. The van der Waals surface area contributed by atoms with Gasteiger partial charge in [0.2, 0.25) is 0 Å². The summed E-state index contributed by atoms with van der Waals surface area (Å²) < 4.78 is 39.6. The van der Waals surface area contributed by atoms with E-state index in [2.05, 4.69) is 15.0 Å². The molecule has 0 fully saturated rings. The molecule has 1 heterocycles. The average molecular weight is 317 g/mol. The Morgan fingerprint density at radius 2 is 2.11 bits per heavy atom. The van der Waals surface area contributed by atoms with Gasteiger partial charge in [0.25, 0.3) is 5.91 Å². The summed E-state index contributed by atoms with van der Waals surface area (Å²) in [4.78, 5) is 15.3. The quantitative estimate of drug-likeness (QED) is 0.671. The molecular weight excluding hydrogens is 308 g/mol. The van der Waals surface area contributed by atoms with Crippen molar-refractivity contribution in [1.29, 1.82) is 0 Å². The zero-order valence-electron chi connectivity index (χ0n) is 9.43. The maximum absolute atomic E-state index is 11.8. The standard InChI is InChI=1S/C10H9Cl2F3N2O2/c11-7-4-17-8(12)3-6(7)9(18)16-1-2-19-5-10(13,14)15/h3-4H,1-2,5H2,(H,16,18). The molecule has 1 amide bonds. The third-order valence-corrected chi connectivity index (χ3v) is 2.37. The number of hydrogen-bond donors (Lipinski definition) is 1. The number of amides is 1. The van der Waals surface area contributed by atoms with Gasteiger partial charge in [-0.1, -0.05) is 23.2 Å². The van der Waals surface area contributed by atoms with Gasteiger partial charge >= 0.3 is 6.18 Å². The van der Waals surface area contributed by atoms with Crippen molar-refractivity contribution in [1.82, 2.24) is 10.3 Å². The summed E-state index contributed by atoms with van der Waals surface area (Å²) >= 11 is 11.3. The summed E-state index contributed by atoms with van der Waals surface area (Å²) in [5.74, 6) is -0.565. The molecule has 0 saturated carbocycles. The average Bonchev–Trinajstić information content (AvgIpc) is 2.30. The number of aromatic nitrogens is 1. The monoisotopic (exact) mass is 316 g/mol. The minimum absolute atomic E-state index is 0.0782. The summed E-state index contributed by atoms with van der Waals surface area (Å²) in [5, 5.41) is 2.53. The number of ether oxygens (including phenoxy) is 1. The van der Waals surface area contributed by atoms with Crippen LogP contribution in [0.4, 0.5) is 13.2 Å². The van der Waals surface area contributed by atoms with Crippen LogP contribution in [0.1, 0.15) is 10.4 Å². The smallest absolute Gasteiger partial charge is 0.370 e. The molecule has 0 bridgehead atoms. The lowest BCUT2D eigenvalue weighted by Crippen LogP contribution is -2.29. The van der Waals surface area contributed by atoms with Crippen LogP contribution in [0.3, 0.4) is 0 Å². The highest BCUT2D eigenvalue weighted by molar-refractivity contribution is 6.35. The van der Waals surface area contributed by atoms with Crippen molar-refractivity contribution in [3.05, 3.63) is 28.0 Å². The van der Waals surface area contributed by atoms with Crippen molar-refractivity contribution in [3.63, 3.8) is 0 Å². The summed E-state index contributed by atoms with van der Waals surface area (Å²) in [7, 11) is 0. The number of nitrogens with one attached hydrogen (secondary N) is 1. The maximum Gasteiger partial charge on any atom is 0.411 e. The van der Waals surface area contributed by atoms with Gasteiger partial charge in [0.15, 0.2) is 0 Å². The van der Waals surface area contributed by atoms with Crippen molar-refractivity contribution >= 4 is 29.1 Å². The van der Waals surface area contributed by atoms with Crippen molar-refractivity contribution in [2.75, 3.05) is 19.8 Å². The van der Waals surface area contributed by atoms with Crippen LogP contribution in [0, 0.1) is 0 Å². The summed E-state index contributed by atoms with van der Waals surface area (Å²) in [6.07, 6.45) is -3.18. The van der Waals surface area contributed by atoms with Crippen LogP contribution in [0.25, 0.3) is 0 Å². The summed E-state index contributed by atoms with van der Waals surface area (Å²) in [5.41, 5.74) is 0.0949. The number of halogens is 5. The Morgan fingerprint density at radius 3 is 2.74 bits per heavy atom. The van der Waals surface area contributed by atoms with E-state index in [1.807, 2.05) is 0 Å². The van der Waals surface area contributed by atoms with Gasteiger partial charge < -0.3 is 10.1 Å². The van der Waals surface area contributed by atoms with E-state index in [4.69, 9.17) is 23.2 Å². The number of rotatable bonds is 5. The third-order valence-electron chi connectivity index (χ3n) is 1.86. The maximum atomic E-state index is 11.8. The first kappa shape index (κ1) is 16.0. The molecule has 1 aromatic rings. The first-order chi connectivity index (χ1) is 8.79. The molecule has 0 spiro atoms. The molecule has 106 valence electrons. The molecule has 0 saturated heterocycles. The number of carbonyl (C=O) groups is 1. The fraction of sp³-hybridized carbons (Fsp3) is 0.400. The van der Waals surface area contributed by atoms with Gasteiger partial charge in [0.1, 0.15) is 11.8 Å². The van der Waals surface area contributed by atoms with Gasteiger partial charge in [-0.3, -0.25) is 4.79 Å². The zero-order valence-corrected chi connectivity index (χ0v) is 10.9. The normalized spacial score (nSPS) is 11.4. The molecule has 0 unspecified atom stereocenters. The van der Waals surface area contributed by atoms with Crippen molar-refractivity contribution in [2.45, 2.75) is 6.18 Å². The zero-order chi connectivity index (χ0) is 14.5. The largest absolute Gasteiger partial charge is 0.411 e. The predicted octanol–water partition coefficient (Wildman–Crippen LogP) is 2.70. The molecule has 9 heteroatoms. The highest BCUT2D eigenvalue weighted by atomic mass is 35.5. The van der Waals surface area contributed by atoms with E-state index in [0.717, 1.165) is 0 Å². The minimum Gasteiger partial charge on any atom is -0.370 e. The molecule has 0 aliphatic carbocycles. The van der Waals surface area contributed by atoms with Crippen LogP contribution in [0.5, 0.6) is 0 Å². The van der Waals surface area contributed by atoms with Gasteiger partial charge in [-0.05, 0) is 6.07 Å². The van der Waals surface area contributed by atoms with Gasteiger partial charge in [-0.25, -0.2) is 4.98 Å². The third kappa shape index (κ3) is 6.09. The highest BCUT2D eigenvalue weighted by Crippen LogP contribution is 2.17. The number of nitrogens with zero attached hydrogens (tertiary/aromatic N) is 1. The lowest BCUT2D eigenvalue weighted by atomic mass is 10.2. The van der Waals surface area contributed by atoms with Crippen LogP contribution in [0.15, 0.2) is 12.3 Å². The Labute approximate surface area is 116 Å². The van der Waals surface area contributed by atoms with E-state index in [1.165, 1.54) is 12.3 Å². The lowest BCUT2D eigenvalue weighted by Gasteiger charge is -2.09. The van der Waals surface area contributed by atoms with Gasteiger partial charge in [0, 0.05) is 12.7 Å². The predicted molar refractivity (Wildman–Crippen MR) is 63.5 cm³/mol. The van der Waals surface area contributed by atoms with E-state index >= 15 is 0 Å². The number of pyridine rings is 1. The molecule has 0 aliphatic heterocycles. The van der Waals surface area contributed by atoms with Gasteiger partial charge in [-0.15, -0.1) is 0 Å². The van der Waals surface area contributed by atoms with Crippen LogP contribution in [0.2, 0.25) is 10.2 Å². The SMILES string of the molecule is O=C(NCCOCC(F)(F)F)c1cc(Cl)ncc1Cl. The van der Waals surface area contributed by atoms with E-state index < -0.39 is 18.7 Å². The number of alkyl halides is 3. The molecule has 0 radical (unpaired) electrons. The Balaban J connectivity index is 2.38. The first-order valence-electron chi connectivity index (χ1n) is 5.03.